The fourth-order valence-electron chi connectivity index (χ4n) is 2.25. The number of benzene rings is 2. The molecule has 0 saturated heterocycles. The summed E-state index contributed by atoms with van der Waals surface area (Å²) in [5, 5.41) is 8.87. The maximum absolute atomic E-state index is 11.3. The highest BCUT2D eigenvalue weighted by molar-refractivity contribution is 6.40. The summed E-state index contributed by atoms with van der Waals surface area (Å²) in [7, 11) is 1.29. The lowest BCUT2D eigenvalue weighted by atomic mass is 10.1. The predicted molar refractivity (Wildman–Crippen MR) is 101 cm³/mol. The fraction of sp³-hybridized carbons (Fsp3) is 0.167. The summed E-state index contributed by atoms with van der Waals surface area (Å²) in [5.74, 6) is 0.368. The molecule has 0 spiro atoms. The van der Waals surface area contributed by atoms with Gasteiger partial charge >= 0.3 is 5.97 Å². The monoisotopic (exact) mass is 426 g/mol. The van der Waals surface area contributed by atoms with E-state index in [-0.39, 0.29) is 18.9 Å². The van der Waals surface area contributed by atoms with Crippen molar-refractivity contribution >= 4 is 40.8 Å². The van der Waals surface area contributed by atoms with Crippen molar-refractivity contribution in [3.8, 4) is 17.2 Å². The minimum Gasteiger partial charge on any atom is -0.486 e. The van der Waals surface area contributed by atoms with E-state index in [0.29, 0.717) is 32.3 Å². The molecule has 3 rings (SSSR count). The van der Waals surface area contributed by atoms with E-state index in [1.54, 1.807) is 18.2 Å². The zero-order valence-electron chi connectivity index (χ0n) is 14.0. The van der Waals surface area contributed by atoms with Crippen LogP contribution in [0.25, 0.3) is 11.5 Å². The molecule has 3 aromatic rings. The van der Waals surface area contributed by atoms with Gasteiger partial charge in [-0.2, -0.15) is 0 Å². The van der Waals surface area contributed by atoms with Gasteiger partial charge in [-0.05, 0) is 29.8 Å². The van der Waals surface area contributed by atoms with Gasteiger partial charge in [0.25, 0.3) is 0 Å². The molecule has 1 aromatic heterocycles. The van der Waals surface area contributed by atoms with Crippen LogP contribution in [0.1, 0.15) is 11.5 Å². The Balaban J connectivity index is 1.74. The third-order valence-electron chi connectivity index (χ3n) is 3.51. The molecule has 0 aliphatic carbocycles. The summed E-state index contributed by atoms with van der Waals surface area (Å²) >= 11 is 18.1. The number of carbonyl (C=O) groups excluding carboxylic acids is 1. The highest BCUT2D eigenvalue weighted by Crippen LogP contribution is 2.36. The quantitative estimate of drug-likeness (QED) is 0.516. The normalized spacial score (nSPS) is 10.7. The van der Waals surface area contributed by atoms with Crippen LogP contribution in [0.2, 0.25) is 15.1 Å². The highest BCUT2D eigenvalue weighted by atomic mass is 35.5. The molecular weight excluding hydrogens is 415 g/mol. The van der Waals surface area contributed by atoms with E-state index >= 15 is 0 Å². The van der Waals surface area contributed by atoms with Gasteiger partial charge in [0.2, 0.25) is 11.8 Å². The third-order valence-corrected chi connectivity index (χ3v) is 4.29. The van der Waals surface area contributed by atoms with Crippen LogP contribution >= 0.6 is 34.8 Å². The number of halogens is 3. The van der Waals surface area contributed by atoms with Gasteiger partial charge in [0.1, 0.15) is 13.0 Å². The van der Waals surface area contributed by atoms with E-state index in [9.17, 15) is 4.79 Å². The van der Waals surface area contributed by atoms with E-state index in [0.717, 1.165) is 5.56 Å². The van der Waals surface area contributed by atoms with Crippen molar-refractivity contribution in [3.63, 3.8) is 0 Å². The van der Waals surface area contributed by atoms with Gasteiger partial charge in [0.15, 0.2) is 5.75 Å². The molecule has 27 heavy (non-hydrogen) atoms. The van der Waals surface area contributed by atoms with Crippen LogP contribution in [0.5, 0.6) is 5.75 Å². The molecule has 140 valence electrons. The SMILES string of the molecule is COC(=O)Cc1nnc(-c2cccc(COc3c(Cl)cc(Cl)cc3Cl)c2)o1. The first-order chi connectivity index (χ1) is 13.0. The van der Waals surface area contributed by atoms with Crippen molar-refractivity contribution in [1.29, 1.82) is 0 Å². The number of hydrogen-bond acceptors (Lipinski definition) is 6. The van der Waals surface area contributed by atoms with Crippen LogP contribution in [0.3, 0.4) is 0 Å². The molecule has 0 unspecified atom stereocenters. The first kappa shape index (κ1) is 19.5. The van der Waals surface area contributed by atoms with Crippen LogP contribution in [-0.2, 0) is 22.6 Å². The number of rotatable bonds is 6. The third kappa shape index (κ3) is 4.91. The summed E-state index contributed by atoms with van der Waals surface area (Å²) in [6.07, 6.45) is -0.0835. The maximum Gasteiger partial charge on any atom is 0.315 e. The summed E-state index contributed by atoms with van der Waals surface area (Å²) in [6, 6.07) is 10.4. The number of nitrogens with zero attached hydrogens (tertiary/aromatic N) is 2. The number of hydrogen-bond donors (Lipinski definition) is 0. The van der Waals surface area contributed by atoms with Crippen LogP contribution in [0.4, 0.5) is 0 Å². The van der Waals surface area contributed by atoms with Gasteiger partial charge in [0.05, 0.1) is 17.2 Å². The van der Waals surface area contributed by atoms with Crippen molar-refractivity contribution in [3.05, 3.63) is 62.9 Å². The summed E-state index contributed by atoms with van der Waals surface area (Å²) in [6.45, 7) is 0.220. The number of ether oxygens (including phenoxy) is 2. The van der Waals surface area contributed by atoms with E-state index in [2.05, 4.69) is 14.9 Å². The Morgan fingerprint density at radius 2 is 1.85 bits per heavy atom. The molecule has 1 heterocycles. The average molecular weight is 428 g/mol. The van der Waals surface area contributed by atoms with Crippen molar-refractivity contribution in [2.45, 2.75) is 13.0 Å². The predicted octanol–water partition coefficient (Wildman–Crippen LogP) is 4.99. The van der Waals surface area contributed by atoms with E-state index in [1.165, 1.54) is 7.11 Å². The standard InChI is InChI=1S/C18H13Cl3N2O4/c1-25-16(24)8-15-22-23-18(27-15)11-4-2-3-10(5-11)9-26-17-13(20)6-12(19)7-14(17)21/h2-7H,8-9H2,1H3. The second-order valence-corrected chi connectivity index (χ2v) is 6.69. The zero-order chi connectivity index (χ0) is 19.4. The Morgan fingerprint density at radius 1 is 1.11 bits per heavy atom. The number of aromatic nitrogens is 2. The lowest BCUT2D eigenvalue weighted by Gasteiger charge is -2.10. The topological polar surface area (TPSA) is 74.5 Å². The average Bonchev–Trinajstić information content (AvgIpc) is 3.09. The van der Waals surface area contributed by atoms with Gasteiger partial charge in [0, 0.05) is 10.6 Å². The summed E-state index contributed by atoms with van der Waals surface area (Å²) < 4.78 is 15.8. The Labute approximate surface area is 170 Å². The minimum atomic E-state index is -0.455. The van der Waals surface area contributed by atoms with Gasteiger partial charge < -0.3 is 13.9 Å². The van der Waals surface area contributed by atoms with Gasteiger partial charge in [-0.15, -0.1) is 10.2 Å². The lowest BCUT2D eigenvalue weighted by molar-refractivity contribution is -0.140. The van der Waals surface area contributed by atoms with Crippen molar-refractivity contribution in [2.24, 2.45) is 0 Å². The molecule has 0 radical (unpaired) electrons. The van der Waals surface area contributed by atoms with Crippen molar-refractivity contribution in [2.75, 3.05) is 7.11 Å². The first-order valence-electron chi connectivity index (χ1n) is 7.72. The molecule has 0 N–H and O–H groups in total. The molecule has 0 bridgehead atoms. The number of carbonyl (C=O) groups is 1. The highest BCUT2D eigenvalue weighted by Gasteiger charge is 2.14. The Bertz CT molecular complexity index is 952. The molecule has 0 fully saturated rings. The van der Waals surface area contributed by atoms with Crippen LogP contribution < -0.4 is 4.74 Å². The molecular formula is C18H13Cl3N2O4. The van der Waals surface area contributed by atoms with Crippen LogP contribution in [-0.4, -0.2) is 23.3 Å². The molecule has 2 aromatic carbocycles. The number of methoxy groups -OCH3 is 1. The molecule has 0 aliphatic heterocycles. The zero-order valence-corrected chi connectivity index (χ0v) is 16.3. The fourth-order valence-corrected chi connectivity index (χ4v) is 3.18. The first-order valence-corrected chi connectivity index (χ1v) is 8.85. The smallest absolute Gasteiger partial charge is 0.315 e. The van der Waals surface area contributed by atoms with Gasteiger partial charge in [-0.3, -0.25) is 4.79 Å². The van der Waals surface area contributed by atoms with Crippen LogP contribution in [0, 0.1) is 0 Å². The molecule has 6 nitrogen and oxygen atoms in total. The largest absolute Gasteiger partial charge is 0.486 e. The summed E-state index contributed by atoms with van der Waals surface area (Å²) in [4.78, 5) is 11.3. The molecule has 0 amide bonds. The van der Waals surface area contributed by atoms with Crippen molar-refractivity contribution in [1.82, 2.24) is 10.2 Å². The van der Waals surface area contributed by atoms with Crippen molar-refractivity contribution < 1.29 is 18.7 Å². The van der Waals surface area contributed by atoms with Crippen LogP contribution in [0.15, 0.2) is 40.8 Å². The van der Waals surface area contributed by atoms with E-state index in [4.69, 9.17) is 44.0 Å². The molecule has 0 aliphatic rings. The summed E-state index contributed by atoms with van der Waals surface area (Å²) in [5.41, 5.74) is 1.52. The Kier molecular flexibility index (Phi) is 6.21. The second-order valence-electron chi connectivity index (χ2n) is 5.44. The number of esters is 1. The molecule has 0 saturated carbocycles. The molecule has 0 atom stereocenters. The Hall–Kier alpha value is -2.28. The second kappa shape index (κ2) is 8.61. The van der Waals surface area contributed by atoms with Gasteiger partial charge in [-0.25, -0.2) is 0 Å². The maximum atomic E-state index is 11.3. The van der Waals surface area contributed by atoms with E-state index in [1.807, 2.05) is 18.2 Å². The Morgan fingerprint density at radius 3 is 2.56 bits per heavy atom. The lowest BCUT2D eigenvalue weighted by Crippen LogP contribution is -2.04. The minimum absolute atomic E-state index is 0.0835. The van der Waals surface area contributed by atoms with E-state index < -0.39 is 5.97 Å². The van der Waals surface area contributed by atoms with Gasteiger partial charge in [-0.1, -0.05) is 46.9 Å². The molecule has 9 heteroatoms.